The van der Waals surface area contributed by atoms with Crippen molar-refractivity contribution in [2.75, 3.05) is 11.9 Å². The van der Waals surface area contributed by atoms with Gasteiger partial charge in [0.15, 0.2) is 0 Å². The third-order valence-electron chi connectivity index (χ3n) is 4.95. The van der Waals surface area contributed by atoms with Crippen molar-refractivity contribution in [2.24, 2.45) is 11.8 Å². The lowest BCUT2D eigenvalue weighted by Gasteiger charge is -2.27. The van der Waals surface area contributed by atoms with Gasteiger partial charge in [-0.3, -0.25) is 4.79 Å². The van der Waals surface area contributed by atoms with Gasteiger partial charge >= 0.3 is 6.36 Å². The van der Waals surface area contributed by atoms with Crippen LogP contribution >= 0.6 is 27.3 Å². The zero-order chi connectivity index (χ0) is 22.6. The Hall–Kier alpha value is -1.63. The number of hydrogen-bond acceptors (Lipinski definition) is 5. The minimum atomic E-state index is -4.77. The zero-order valence-electron chi connectivity index (χ0n) is 16.1. The number of carbonyl (C=O) groups excluding carboxylic acids is 1. The van der Waals surface area contributed by atoms with Crippen LogP contribution in [-0.4, -0.2) is 27.2 Å². The van der Waals surface area contributed by atoms with Gasteiger partial charge in [-0.1, -0.05) is 0 Å². The van der Waals surface area contributed by atoms with E-state index in [4.69, 9.17) is 0 Å². The molecular weight excluding hydrogens is 521 g/mol. The molecule has 0 spiro atoms. The van der Waals surface area contributed by atoms with Crippen LogP contribution in [0.5, 0.6) is 5.75 Å². The molecule has 2 aromatic rings. The molecule has 0 saturated heterocycles. The summed E-state index contributed by atoms with van der Waals surface area (Å²) in [7, 11) is -3.55. The highest BCUT2D eigenvalue weighted by Crippen LogP contribution is 2.31. The molecule has 1 aliphatic carbocycles. The van der Waals surface area contributed by atoms with Crippen molar-refractivity contribution in [3.8, 4) is 5.75 Å². The van der Waals surface area contributed by atoms with Crippen LogP contribution in [0.4, 0.5) is 18.9 Å². The van der Waals surface area contributed by atoms with Crippen molar-refractivity contribution in [1.29, 1.82) is 0 Å². The Labute approximate surface area is 190 Å². The summed E-state index contributed by atoms with van der Waals surface area (Å²) in [5.41, 5.74) is 0.386. The molecule has 170 valence electrons. The van der Waals surface area contributed by atoms with Crippen molar-refractivity contribution in [3.63, 3.8) is 0 Å². The molecule has 1 aliphatic rings. The molecule has 0 aliphatic heterocycles. The Bertz CT molecular complexity index is 1000. The maximum atomic E-state index is 12.5. The SMILES string of the molecule is O=C(Nc1ccc(OC(F)(F)F)cc1)C1CCC(CNS(=O)(=O)c2ccc(Br)s2)CC1. The van der Waals surface area contributed by atoms with E-state index in [1.807, 2.05) is 0 Å². The molecule has 1 saturated carbocycles. The topological polar surface area (TPSA) is 84.5 Å². The van der Waals surface area contributed by atoms with Gasteiger partial charge in [0.05, 0.1) is 3.79 Å². The largest absolute Gasteiger partial charge is 0.573 e. The number of benzene rings is 1. The molecule has 0 bridgehead atoms. The average molecular weight is 541 g/mol. The van der Waals surface area contributed by atoms with Crippen LogP contribution in [0, 0.1) is 11.8 Å². The van der Waals surface area contributed by atoms with Gasteiger partial charge in [-0.25, -0.2) is 13.1 Å². The molecule has 1 amide bonds. The molecule has 3 rings (SSSR count). The second-order valence-corrected chi connectivity index (χ2v) is 11.6. The Kier molecular flexibility index (Phi) is 7.66. The fraction of sp³-hybridized carbons (Fsp3) is 0.421. The Balaban J connectivity index is 1.44. The molecule has 6 nitrogen and oxygen atoms in total. The minimum absolute atomic E-state index is 0.140. The van der Waals surface area contributed by atoms with E-state index in [2.05, 4.69) is 30.7 Å². The first-order chi connectivity index (χ1) is 14.5. The Morgan fingerprint density at radius 2 is 1.74 bits per heavy atom. The number of halogens is 4. The van der Waals surface area contributed by atoms with Crippen molar-refractivity contribution < 1.29 is 31.1 Å². The number of alkyl halides is 3. The van der Waals surface area contributed by atoms with E-state index in [1.165, 1.54) is 12.1 Å². The second-order valence-electron chi connectivity index (χ2n) is 7.19. The van der Waals surface area contributed by atoms with Crippen molar-refractivity contribution in [3.05, 3.63) is 40.2 Å². The number of rotatable bonds is 7. The van der Waals surface area contributed by atoms with Crippen LogP contribution in [0.2, 0.25) is 0 Å². The minimum Gasteiger partial charge on any atom is -0.406 e. The van der Waals surface area contributed by atoms with E-state index in [-0.39, 0.29) is 27.7 Å². The molecular formula is C19H20BrF3N2O4S2. The van der Waals surface area contributed by atoms with Crippen LogP contribution in [0.3, 0.4) is 0 Å². The van der Waals surface area contributed by atoms with Crippen molar-refractivity contribution in [2.45, 2.75) is 36.3 Å². The number of amides is 1. The smallest absolute Gasteiger partial charge is 0.406 e. The third kappa shape index (κ3) is 7.19. The first-order valence-electron chi connectivity index (χ1n) is 9.43. The highest BCUT2D eigenvalue weighted by atomic mass is 79.9. The number of sulfonamides is 1. The predicted molar refractivity (Wildman–Crippen MR) is 114 cm³/mol. The van der Waals surface area contributed by atoms with E-state index in [0.29, 0.717) is 37.9 Å². The summed E-state index contributed by atoms with van der Waals surface area (Å²) < 4.78 is 68.6. The average Bonchev–Trinajstić information content (AvgIpc) is 3.15. The summed E-state index contributed by atoms with van der Waals surface area (Å²) in [5.74, 6) is -0.649. The fourth-order valence-corrected chi connectivity index (χ4v) is 6.52. The highest BCUT2D eigenvalue weighted by Gasteiger charge is 2.31. The number of nitrogens with one attached hydrogen (secondary N) is 2. The molecule has 2 N–H and O–H groups in total. The van der Waals surface area contributed by atoms with E-state index >= 15 is 0 Å². The number of thiophene rings is 1. The molecule has 1 aromatic heterocycles. The van der Waals surface area contributed by atoms with Gasteiger partial charge in [-0.2, -0.15) is 0 Å². The Morgan fingerprint density at radius 3 is 2.29 bits per heavy atom. The van der Waals surface area contributed by atoms with E-state index in [9.17, 15) is 26.4 Å². The molecule has 1 aromatic carbocycles. The Morgan fingerprint density at radius 1 is 1.10 bits per heavy atom. The summed E-state index contributed by atoms with van der Waals surface area (Å²) in [6.07, 6.45) is -2.14. The number of carbonyl (C=O) groups is 1. The number of ether oxygens (including phenoxy) is 1. The van der Waals surface area contributed by atoms with E-state index in [0.717, 1.165) is 27.3 Å². The van der Waals surface area contributed by atoms with Gasteiger partial charge < -0.3 is 10.1 Å². The molecule has 1 fully saturated rings. The molecule has 1 heterocycles. The normalized spacial score (nSPS) is 19.7. The predicted octanol–water partition coefficient (Wildman–Crippen LogP) is 5.13. The summed E-state index contributed by atoms with van der Waals surface area (Å²) >= 11 is 4.39. The summed E-state index contributed by atoms with van der Waals surface area (Å²) in [4.78, 5) is 12.5. The van der Waals surface area contributed by atoms with Crippen LogP contribution in [0.25, 0.3) is 0 Å². The second kappa shape index (κ2) is 9.88. The lowest BCUT2D eigenvalue weighted by Crippen LogP contribution is -2.33. The first kappa shape index (κ1) is 24.0. The van der Waals surface area contributed by atoms with E-state index < -0.39 is 16.4 Å². The van der Waals surface area contributed by atoms with Gasteiger partial charge in [0, 0.05) is 18.2 Å². The summed E-state index contributed by atoms with van der Waals surface area (Å²) in [6.45, 7) is 0.312. The van der Waals surface area contributed by atoms with Crippen LogP contribution < -0.4 is 14.8 Å². The van der Waals surface area contributed by atoms with Gasteiger partial charge in [0.1, 0.15) is 9.96 Å². The van der Waals surface area contributed by atoms with Crippen LogP contribution in [-0.2, 0) is 14.8 Å². The maximum Gasteiger partial charge on any atom is 0.573 e. The molecule has 0 radical (unpaired) electrons. The summed E-state index contributed by atoms with van der Waals surface area (Å²) in [6, 6.07) is 8.20. The maximum absolute atomic E-state index is 12.5. The van der Waals surface area contributed by atoms with E-state index in [1.54, 1.807) is 12.1 Å². The quantitative estimate of drug-likeness (QED) is 0.509. The monoisotopic (exact) mass is 540 g/mol. The summed E-state index contributed by atoms with van der Waals surface area (Å²) in [5, 5.41) is 2.71. The van der Waals surface area contributed by atoms with Gasteiger partial charge in [-0.15, -0.1) is 24.5 Å². The van der Waals surface area contributed by atoms with Gasteiger partial charge in [-0.05, 0) is 83.9 Å². The molecule has 0 unspecified atom stereocenters. The van der Waals surface area contributed by atoms with Gasteiger partial charge in [0.2, 0.25) is 15.9 Å². The lowest BCUT2D eigenvalue weighted by atomic mass is 9.81. The van der Waals surface area contributed by atoms with Crippen molar-refractivity contribution >= 4 is 48.9 Å². The van der Waals surface area contributed by atoms with Crippen LogP contribution in [0.1, 0.15) is 25.7 Å². The molecule has 0 atom stereocenters. The zero-order valence-corrected chi connectivity index (χ0v) is 19.3. The molecule has 31 heavy (non-hydrogen) atoms. The lowest BCUT2D eigenvalue weighted by molar-refractivity contribution is -0.274. The van der Waals surface area contributed by atoms with Crippen molar-refractivity contribution in [1.82, 2.24) is 4.72 Å². The highest BCUT2D eigenvalue weighted by molar-refractivity contribution is 9.11. The number of hydrogen-bond donors (Lipinski definition) is 2. The first-order valence-corrected chi connectivity index (χ1v) is 12.5. The number of anilines is 1. The fourth-order valence-electron chi connectivity index (χ4n) is 3.35. The molecule has 12 heteroatoms. The third-order valence-corrected chi connectivity index (χ3v) is 8.49. The standard InChI is InChI=1S/C19H20BrF3N2O4S2/c20-16-9-10-17(30-16)31(27,28)24-11-12-1-3-13(4-2-12)18(26)25-14-5-7-15(8-6-14)29-19(21,22)23/h5-10,12-13,24H,1-4,11H2,(H,25,26). The van der Waals surface area contributed by atoms with Gasteiger partial charge in [0.25, 0.3) is 0 Å². The van der Waals surface area contributed by atoms with Crippen LogP contribution in [0.15, 0.2) is 44.4 Å².